The number of carbonyl (C=O) groups is 1. The number of guanidine groups is 1. The number of amides is 1. The van der Waals surface area contributed by atoms with Gasteiger partial charge in [-0.2, -0.15) is 0 Å². The first-order chi connectivity index (χ1) is 9.60. The molecule has 0 spiro atoms. The van der Waals surface area contributed by atoms with Crippen LogP contribution in [-0.4, -0.2) is 48.0 Å². The molecule has 0 saturated carbocycles. The van der Waals surface area contributed by atoms with E-state index in [1.807, 2.05) is 26.4 Å². The van der Waals surface area contributed by atoms with Gasteiger partial charge in [-0.05, 0) is 18.6 Å². The van der Waals surface area contributed by atoms with E-state index in [-0.39, 0.29) is 11.9 Å². The molecule has 1 saturated heterocycles. The van der Waals surface area contributed by atoms with Crippen molar-refractivity contribution in [3.05, 3.63) is 24.0 Å². The molecule has 6 heteroatoms. The number of nitrogens with zero attached hydrogens (tertiary/aromatic N) is 3. The second kappa shape index (κ2) is 6.45. The van der Waals surface area contributed by atoms with E-state index in [1.54, 1.807) is 11.9 Å². The molecule has 0 aromatic carbocycles. The second-order valence-corrected chi connectivity index (χ2v) is 5.19. The third kappa shape index (κ3) is 3.53. The molecule has 2 rings (SSSR count). The number of hydrogen-bond acceptors (Lipinski definition) is 2. The zero-order valence-electron chi connectivity index (χ0n) is 12.4. The zero-order chi connectivity index (χ0) is 14.5. The van der Waals surface area contributed by atoms with Crippen molar-refractivity contribution in [3.63, 3.8) is 0 Å². The molecule has 1 aliphatic rings. The average molecular weight is 277 g/mol. The smallest absolute Gasteiger partial charge is 0.222 e. The predicted molar refractivity (Wildman–Crippen MR) is 79.4 cm³/mol. The minimum Gasteiger partial charge on any atom is -0.353 e. The van der Waals surface area contributed by atoms with Crippen LogP contribution in [-0.2, 0) is 18.4 Å². The van der Waals surface area contributed by atoms with Gasteiger partial charge in [0.2, 0.25) is 5.91 Å². The van der Waals surface area contributed by atoms with Crippen LogP contribution >= 0.6 is 0 Å². The summed E-state index contributed by atoms with van der Waals surface area (Å²) in [5.41, 5.74) is 1.20. The summed E-state index contributed by atoms with van der Waals surface area (Å²) in [6.45, 7) is 1.45. The first-order valence-electron chi connectivity index (χ1n) is 6.91. The molecule has 0 aliphatic carbocycles. The predicted octanol–water partition coefficient (Wildman–Crippen LogP) is 0.311. The molecule has 1 aromatic heterocycles. The lowest BCUT2D eigenvalue weighted by molar-refractivity contribution is -0.132. The highest BCUT2D eigenvalue weighted by atomic mass is 16.2. The molecule has 1 unspecified atom stereocenters. The zero-order valence-corrected chi connectivity index (χ0v) is 12.4. The molecule has 0 radical (unpaired) electrons. The van der Waals surface area contributed by atoms with Gasteiger partial charge in [0, 0.05) is 52.0 Å². The van der Waals surface area contributed by atoms with Gasteiger partial charge in [0.05, 0.1) is 6.54 Å². The first-order valence-corrected chi connectivity index (χ1v) is 6.91. The van der Waals surface area contributed by atoms with Crippen molar-refractivity contribution in [2.24, 2.45) is 12.0 Å². The van der Waals surface area contributed by atoms with Gasteiger partial charge >= 0.3 is 0 Å². The number of rotatable bonds is 3. The number of aryl methyl sites for hydroxylation is 1. The van der Waals surface area contributed by atoms with Crippen LogP contribution in [0.2, 0.25) is 0 Å². The topological polar surface area (TPSA) is 61.7 Å². The van der Waals surface area contributed by atoms with Crippen molar-refractivity contribution < 1.29 is 4.79 Å². The van der Waals surface area contributed by atoms with Crippen molar-refractivity contribution in [1.29, 1.82) is 0 Å². The Morgan fingerprint density at radius 3 is 2.90 bits per heavy atom. The number of nitrogens with one attached hydrogen (secondary N) is 2. The molecule has 2 heterocycles. The largest absolute Gasteiger partial charge is 0.353 e. The molecule has 0 bridgehead atoms. The van der Waals surface area contributed by atoms with E-state index >= 15 is 0 Å². The first kappa shape index (κ1) is 14.4. The van der Waals surface area contributed by atoms with Crippen molar-refractivity contribution >= 4 is 11.9 Å². The van der Waals surface area contributed by atoms with Crippen molar-refractivity contribution in [2.45, 2.75) is 25.4 Å². The van der Waals surface area contributed by atoms with Gasteiger partial charge in [-0.3, -0.25) is 9.79 Å². The van der Waals surface area contributed by atoms with Crippen LogP contribution in [0.3, 0.4) is 0 Å². The van der Waals surface area contributed by atoms with E-state index in [4.69, 9.17) is 0 Å². The van der Waals surface area contributed by atoms with Gasteiger partial charge in [-0.15, -0.1) is 0 Å². The monoisotopic (exact) mass is 277 g/mol. The molecule has 1 aliphatic heterocycles. The lowest BCUT2D eigenvalue weighted by Gasteiger charge is -2.31. The van der Waals surface area contributed by atoms with Crippen molar-refractivity contribution in [2.75, 3.05) is 20.6 Å². The maximum absolute atomic E-state index is 11.5. The summed E-state index contributed by atoms with van der Waals surface area (Å²) >= 11 is 0. The molecule has 6 nitrogen and oxygen atoms in total. The Balaban J connectivity index is 1.84. The standard InChI is InChI=1S/C14H23N5O/c1-15-14(16-9-12-5-4-8-18(12)2)17-11-6-7-13(20)19(3)10-11/h4-5,8,11H,6-7,9-10H2,1-3H3,(H2,15,16,17). The highest BCUT2D eigenvalue weighted by molar-refractivity contribution is 5.81. The Morgan fingerprint density at radius 1 is 1.50 bits per heavy atom. The minimum absolute atomic E-state index is 0.217. The summed E-state index contributed by atoms with van der Waals surface area (Å²) in [6.07, 6.45) is 3.48. The van der Waals surface area contributed by atoms with Gasteiger partial charge in [-0.1, -0.05) is 0 Å². The third-order valence-electron chi connectivity index (χ3n) is 3.68. The van der Waals surface area contributed by atoms with Crippen molar-refractivity contribution in [3.8, 4) is 0 Å². The van der Waals surface area contributed by atoms with Crippen LogP contribution in [0.25, 0.3) is 0 Å². The fourth-order valence-electron chi connectivity index (χ4n) is 2.37. The summed E-state index contributed by atoms with van der Waals surface area (Å²) in [6, 6.07) is 4.36. The van der Waals surface area contributed by atoms with Gasteiger partial charge in [-0.25, -0.2) is 0 Å². The van der Waals surface area contributed by atoms with E-state index in [1.165, 1.54) is 5.69 Å². The number of aromatic nitrogens is 1. The Bertz CT molecular complexity index is 494. The van der Waals surface area contributed by atoms with Crippen LogP contribution in [0, 0.1) is 0 Å². The lowest BCUT2D eigenvalue weighted by Crippen LogP contribution is -2.51. The number of hydrogen-bond donors (Lipinski definition) is 2. The summed E-state index contributed by atoms with van der Waals surface area (Å²) in [7, 11) is 5.63. The highest BCUT2D eigenvalue weighted by Crippen LogP contribution is 2.09. The average Bonchev–Trinajstić information content (AvgIpc) is 2.84. The molecule has 1 aromatic rings. The Labute approximate surface area is 119 Å². The van der Waals surface area contributed by atoms with E-state index in [9.17, 15) is 4.79 Å². The summed E-state index contributed by atoms with van der Waals surface area (Å²) < 4.78 is 2.08. The molecular weight excluding hydrogens is 254 g/mol. The van der Waals surface area contributed by atoms with Gasteiger partial charge in [0.25, 0.3) is 0 Å². The SMILES string of the molecule is CN=C(NCc1cccn1C)NC1CCC(=O)N(C)C1. The fourth-order valence-corrected chi connectivity index (χ4v) is 2.37. The quantitative estimate of drug-likeness (QED) is 0.617. The van der Waals surface area contributed by atoms with E-state index in [0.29, 0.717) is 6.42 Å². The molecule has 20 heavy (non-hydrogen) atoms. The second-order valence-electron chi connectivity index (χ2n) is 5.19. The van der Waals surface area contributed by atoms with E-state index in [2.05, 4.69) is 26.3 Å². The molecule has 1 fully saturated rings. The highest BCUT2D eigenvalue weighted by Gasteiger charge is 2.23. The van der Waals surface area contributed by atoms with E-state index in [0.717, 1.165) is 25.5 Å². The van der Waals surface area contributed by atoms with Gasteiger partial charge in [0.1, 0.15) is 0 Å². The fraction of sp³-hybridized carbons (Fsp3) is 0.571. The molecule has 1 amide bonds. The van der Waals surface area contributed by atoms with Gasteiger partial charge < -0.3 is 20.1 Å². The number of aliphatic imine (C=N–C) groups is 1. The Kier molecular flexibility index (Phi) is 4.65. The Hall–Kier alpha value is -1.98. The normalized spacial score (nSPS) is 20.1. The van der Waals surface area contributed by atoms with Crippen LogP contribution in [0.15, 0.2) is 23.3 Å². The van der Waals surface area contributed by atoms with Gasteiger partial charge in [0.15, 0.2) is 5.96 Å². The van der Waals surface area contributed by atoms with E-state index < -0.39 is 0 Å². The van der Waals surface area contributed by atoms with Crippen LogP contribution in [0.5, 0.6) is 0 Å². The van der Waals surface area contributed by atoms with Crippen LogP contribution < -0.4 is 10.6 Å². The van der Waals surface area contributed by atoms with Crippen LogP contribution in [0.4, 0.5) is 0 Å². The van der Waals surface area contributed by atoms with Crippen molar-refractivity contribution in [1.82, 2.24) is 20.1 Å². The molecule has 1 atom stereocenters. The molecule has 110 valence electrons. The van der Waals surface area contributed by atoms with Crippen LogP contribution in [0.1, 0.15) is 18.5 Å². The maximum Gasteiger partial charge on any atom is 0.222 e. The lowest BCUT2D eigenvalue weighted by atomic mass is 10.1. The third-order valence-corrected chi connectivity index (χ3v) is 3.68. The summed E-state index contributed by atoms with van der Waals surface area (Å²) in [4.78, 5) is 17.5. The molecular formula is C14H23N5O. The minimum atomic E-state index is 0.217. The molecule has 2 N–H and O–H groups in total. The number of piperidine rings is 1. The summed E-state index contributed by atoms with van der Waals surface area (Å²) in [5, 5.41) is 6.67. The summed E-state index contributed by atoms with van der Waals surface area (Å²) in [5.74, 6) is 0.994. The Morgan fingerprint density at radius 2 is 2.30 bits per heavy atom. The number of likely N-dealkylation sites (N-methyl/N-ethyl adjacent to an activating group) is 1. The number of carbonyl (C=O) groups excluding carboxylic acids is 1. The maximum atomic E-state index is 11.5. The number of likely N-dealkylation sites (tertiary alicyclic amines) is 1.